The monoisotopic (exact) mass is 441 g/mol. The van der Waals surface area contributed by atoms with Crippen molar-refractivity contribution in [2.45, 2.75) is 11.8 Å². The van der Waals surface area contributed by atoms with Gasteiger partial charge in [-0.25, -0.2) is 22.9 Å². The first-order chi connectivity index (χ1) is 14.6. The smallest absolute Gasteiger partial charge is 0.238 e. The first kappa shape index (κ1) is 20.7. The Morgan fingerprint density at radius 1 is 1.19 bits per heavy atom. The largest absolute Gasteiger partial charge is 0.329 e. The number of nitrogens with zero attached hydrogens (tertiary/aromatic N) is 5. The Morgan fingerprint density at radius 2 is 1.97 bits per heavy atom. The van der Waals surface area contributed by atoms with E-state index in [4.69, 9.17) is 5.14 Å². The Balaban J connectivity index is 1.64. The predicted octanol–water partition coefficient (Wildman–Crippen LogP) is 2.97. The maximum absolute atomic E-state index is 14.5. The lowest BCUT2D eigenvalue weighted by atomic mass is 10.2. The van der Waals surface area contributed by atoms with E-state index in [2.05, 4.69) is 20.4 Å². The van der Waals surface area contributed by atoms with Crippen LogP contribution in [0.5, 0.6) is 0 Å². The third-order valence-electron chi connectivity index (χ3n) is 4.78. The van der Waals surface area contributed by atoms with Gasteiger partial charge in [-0.15, -0.1) is 0 Å². The molecule has 0 saturated heterocycles. The van der Waals surface area contributed by atoms with Gasteiger partial charge in [0.05, 0.1) is 4.90 Å². The third kappa shape index (κ3) is 4.18. The fraction of sp³-hybridized carbons (Fsp3) is 0.150. The number of aromatic nitrogens is 4. The molecule has 0 spiro atoms. The average molecular weight is 441 g/mol. The van der Waals surface area contributed by atoms with E-state index < -0.39 is 15.8 Å². The summed E-state index contributed by atoms with van der Waals surface area (Å²) in [6.45, 7) is 1.66. The van der Waals surface area contributed by atoms with Crippen LogP contribution in [-0.4, -0.2) is 35.2 Å². The van der Waals surface area contributed by atoms with Crippen LogP contribution in [0.15, 0.2) is 53.7 Å². The SMILES string of the molecule is Cc1ccc(Nc2nccc(N(C)c3cc(F)c4nn(C)cc4c3)n2)cc1S(N)(=O)=O. The lowest BCUT2D eigenvalue weighted by Crippen LogP contribution is -2.14. The minimum absolute atomic E-state index is 0.0195. The lowest BCUT2D eigenvalue weighted by molar-refractivity contribution is 0.597. The summed E-state index contributed by atoms with van der Waals surface area (Å²) in [5.74, 6) is 0.331. The molecule has 0 unspecified atom stereocenters. The predicted molar refractivity (Wildman–Crippen MR) is 117 cm³/mol. The fourth-order valence-corrected chi connectivity index (χ4v) is 4.04. The number of halogens is 1. The van der Waals surface area contributed by atoms with E-state index in [-0.39, 0.29) is 10.8 Å². The van der Waals surface area contributed by atoms with Crippen LogP contribution in [0.25, 0.3) is 10.9 Å². The number of nitrogens with one attached hydrogen (secondary N) is 1. The first-order valence-corrected chi connectivity index (χ1v) is 10.8. The van der Waals surface area contributed by atoms with Crippen LogP contribution in [0.3, 0.4) is 0 Å². The number of rotatable bonds is 5. The molecule has 0 radical (unpaired) electrons. The van der Waals surface area contributed by atoms with E-state index in [9.17, 15) is 12.8 Å². The number of aryl methyl sites for hydroxylation is 2. The normalized spacial score (nSPS) is 11.6. The molecule has 160 valence electrons. The van der Waals surface area contributed by atoms with Gasteiger partial charge in [-0.1, -0.05) is 6.07 Å². The third-order valence-corrected chi connectivity index (χ3v) is 5.84. The maximum Gasteiger partial charge on any atom is 0.238 e. The zero-order valence-electron chi connectivity index (χ0n) is 17.0. The summed E-state index contributed by atoms with van der Waals surface area (Å²) in [5, 5.41) is 13.0. The highest BCUT2D eigenvalue weighted by atomic mass is 32.2. The fourth-order valence-electron chi connectivity index (χ4n) is 3.23. The van der Waals surface area contributed by atoms with Crippen molar-refractivity contribution in [1.82, 2.24) is 19.7 Å². The molecule has 4 aromatic rings. The van der Waals surface area contributed by atoms with Gasteiger partial charge in [-0.3, -0.25) is 4.68 Å². The molecule has 31 heavy (non-hydrogen) atoms. The summed E-state index contributed by atoms with van der Waals surface area (Å²) in [7, 11) is -0.366. The summed E-state index contributed by atoms with van der Waals surface area (Å²) in [6, 6.07) is 9.67. The molecule has 2 aromatic heterocycles. The van der Waals surface area contributed by atoms with Gasteiger partial charge < -0.3 is 10.2 Å². The number of anilines is 4. The standard InChI is InChI=1S/C20H20FN7O2S/c1-12-4-5-14(9-17(12)31(22,29)30)24-20-23-7-6-18(25-20)28(3)15-8-13-11-27(2)26-19(13)16(21)10-15/h4-11H,1-3H3,(H2,22,29,30)(H,23,24,25). The van der Waals surface area contributed by atoms with E-state index in [0.717, 1.165) is 0 Å². The number of benzene rings is 2. The second-order valence-corrected chi connectivity index (χ2v) is 8.65. The van der Waals surface area contributed by atoms with Gasteiger partial charge in [0.1, 0.15) is 11.3 Å². The number of hydrogen-bond acceptors (Lipinski definition) is 7. The summed E-state index contributed by atoms with van der Waals surface area (Å²) < 4.78 is 39.5. The summed E-state index contributed by atoms with van der Waals surface area (Å²) in [4.78, 5) is 10.4. The van der Waals surface area contributed by atoms with Crippen molar-refractivity contribution in [3.05, 3.63) is 60.2 Å². The van der Waals surface area contributed by atoms with Crippen LogP contribution in [0.4, 0.5) is 27.5 Å². The molecule has 2 aromatic carbocycles. The first-order valence-electron chi connectivity index (χ1n) is 9.22. The molecule has 2 heterocycles. The van der Waals surface area contributed by atoms with E-state index in [0.29, 0.717) is 33.7 Å². The van der Waals surface area contributed by atoms with Crippen molar-refractivity contribution in [2.24, 2.45) is 12.2 Å². The Kier molecular flexibility index (Phi) is 5.07. The zero-order valence-corrected chi connectivity index (χ0v) is 17.9. The van der Waals surface area contributed by atoms with Crippen LogP contribution in [0.2, 0.25) is 0 Å². The Morgan fingerprint density at radius 3 is 2.71 bits per heavy atom. The van der Waals surface area contributed by atoms with Crippen molar-refractivity contribution in [3.8, 4) is 0 Å². The minimum Gasteiger partial charge on any atom is -0.329 e. The minimum atomic E-state index is -3.86. The molecular weight excluding hydrogens is 421 g/mol. The molecule has 3 N–H and O–H groups in total. The lowest BCUT2D eigenvalue weighted by Gasteiger charge is -2.19. The van der Waals surface area contributed by atoms with E-state index in [1.54, 1.807) is 61.2 Å². The second-order valence-electron chi connectivity index (χ2n) is 7.12. The van der Waals surface area contributed by atoms with Crippen LogP contribution in [-0.2, 0) is 17.1 Å². The second kappa shape index (κ2) is 7.60. The number of nitrogens with two attached hydrogens (primary N) is 1. The number of sulfonamides is 1. The van der Waals surface area contributed by atoms with Gasteiger partial charge in [-0.2, -0.15) is 10.1 Å². The molecule has 0 saturated carbocycles. The van der Waals surface area contributed by atoms with Gasteiger partial charge in [0, 0.05) is 43.3 Å². The highest BCUT2D eigenvalue weighted by molar-refractivity contribution is 7.89. The maximum atomic E-state index is 14.5. The van der Waals surface area contributed by atoms with Crippen LogP contribution in [0.1, 0.15) is 5.56 Å². The highest BCUT2D eigenvalue weighted by Crippen LogP contribution is 2.28. The van der Waals surface area contributed by atoms with Gasteiger partial charge >= 0.3 is 0 Å². The summed E-state index contributed by atoms with van der Waals surface area (Å²) in [5.41, 5.74) is 1.90. The molecule has 0 bridgehead atoms. The number of primary sulfonamides is 1. The topological polar surface area (TPSA) is 119 Å². The van der Waals surface area contributed by atoms with Gasteiger partial charge in [0.25, 0.3) is 0 Å². The zero-order chi connectivity index (χ0) is 22.3. The van der Waals surface area contributed by atoms with Crippen molar-refractivity contribution < 1.29 is 12.8 Å². The van der Waals surface area contributed by atoms with Crippen LogP contribution >= 0.6 is 0 Å². The Labute approximate surface area is 178 Å². The molecule has 0 aliphatic heterocycles. The van der Waals surface area contributed by atoms with Crippen LogP contribution < -0.4 is 15.4 Å². The number of hydrogen-bond donors (Lipinski definition) is 2. The molecule has 9 nitrogen and oxygen atoms in total. The van der Waals surface area contributed by atoms with E-state index >= 15 is 0 Å². The molecule has 11 heteroatoms. The summed E-state index contributed by atoms with van der Waals surface area (Å²) >= 11 is 0. The van der Waals surface area contributed by atoms with Gasteiger partial charge in [-0.05, 0) is 42.8 Å². The van der Waals surface area contributed by atoms with E-state index in [1.807, 2.05) is 6.07 Å². The Hall–Kier alpha value is -3.57. The van der Waals surface area contributed by atoms with Crippen LogP contribution in [0, 0.1) is 12.7 Å². The molecule has 4 rings (SSSR count). The number of fused-ring (bicyclic) bond motifs is 1. The van der Waals surface area contributed by atoms with Gasteiger partial charge in [0.2, 0.25) is 16.0 Å². The van der Waals surface area contributed by atoms with Gasteiger partial charge in [0.15, 0.2) is 5.82 Å². The van der Waals surface area contributed by atoms with Crippen molar-refractivity contribution in [1.29, 1.82) is 0 Å². The quantitative estimate of drug-likeness (QED) is 0.489. The summed E-state index contributed by atoms with van der Waals surface area (Å²) in [6.07, 6.45) is 3.29. The Bertz CT molecular complexity index is 1400. The molecule has 0 amide bonds. The highest BCUT2D eigenvalue weighted by Gasteiger charge is 2.15. The molecule has 0 fully saturated rings. The average Bonchev–Trinajstić information content (AvgIpc) is 3.09. The molecule has 0 aliphatic rings. The molecular formula is C20H20FN7O2S. The van der Waals surface area contributed by atoms with Crippen molar-refractivity contribution in [2.75, 3.05) is 17.3 Å². The molecule has 0 aliphatic carbocycles. The van der Waals surface area contributed by atoms with E-state index in [1.165, 1.54) is 12.1 Å². The van der Waals surface area contributed by atoms with Crippen molar-refractivity contribution in [3.63, 3.8) is 0 Å². The molecule has 0 atom stereocenters. The van der Waals surface area contributed by atoms with Crippen molar-refractivity contribution >= 4 is 44.1 Å².